The topological polar surface area (TPSA) is 12.0 Å². The lowest BCUT2D eigenvalue weighted by Crippen LogP contribution is -2.35. The first-order valence-electron chi connectivity index (χ1n) is 6.17. The van der Waals surface area contributed by atoms with E-state index in [-0.39, 0.29) is 0 Å². The number of hydrogen-bond donors (Lipinski definition) is 1. The highest BCUT2D eigenvalue weighted by Crippen LogP contribution is 2.44. The summed E-state index contributed by atoms with van der Waals surface area (Å²) in [6.45, 7) is 1.18. The minimum absolute atomic E-state index is 0.851. The molecule has 2 heteroatoms. The lowest BCUT2D eigenvalue weighted by atomic mass is 9.95. The standard InChI is InChI=1S/C13H19NS/c1-2-12(15-7-1)5-6-14-13-9-10-3-4-11(13)8-10/h1-2,7,10-11,13-14H,3-6,8-9H2/t10-,11-,13+/m0/s1. The Morgan fingerprint density at radius 2 is 2.33 bits per heavy atom. The van der Waals surface area contributed by atoms with Crippen molar-refractivity contribution in [3.8, 4) is 0 Å². The van der Waals surface area contributed by atoms with Crippen LogP contribution in [-0.4, -0.2) is 12.6 Å². The van der Waals surface area contributed by atoms with Crippen molar-refractivity contribution in [1.82, 2.24) is 5.32 Å². The summed E-state index contributed by atoms with van der Waals surface area (Å²) < 4.78 is 0. The maximum Gasteiger partial charge on any atom is 0.00982 e. The summed E-state index contributed by atoms with van der Waals surface area (Å²) in [7, 11) is 0. The predicted octanol–water partition coefficient (Wildman–Crippen LogP) is 3.07. The molecule has 1 aromatic rings. The molecule has 0 aromatic carbocycles. The Balaban J connectivity index is 1.43. The van der Waals surface area contributed by atoms with Crippen LogP contribution in [0.4, 0.5) is 0 Å². The molecule has 0 spiro atoms. The van der Waals surface area contributed by atoms with E-state index < -0.39 is 0 Å². The molecule has 2 aliphatic carbocycles. The fraction of sp³-hybridized carbons (Fsp3) is 0.692. The van der Waals surface area contributed by atoms with E-state index in [0.29, 0.717) is 0 Å². The van der Waals surface area contributed by atoms with Crippen molar-refractivity contribution in [2.24, 2.45) is 11.8 Å². The maximum atomic E-state index is 3.76. The van der Waals surface area contributed by atoms with Gasteiger partial charge >= 0.3 is 0 Å². The third-order valence-electron chi connectivity index (χ3n) is 4.10. The molecule has 1 nitrogen and oxygen atoms in total. The molecule has 0 aliphatic heterocycles. The molecule has 1 N–H and O–H groups in total. The first-order valence-corrected chi connectivity index (χ1v) is 7.05. The van der Waals surface area contributed by atoms with E-state index in [2.05, 4.69) is 22.8 Å². The molecule has 82 valence electrons. The quantitative estimate of drug-likeness (QED) is 0.824. The van der Waals surface area contributed by atoms with Gasteiger partial charge in [0.2, 0.25) is 0 Å². The van der Waals surface area contributed by atoms with Crippen LogP contribution in [0.15, 0.2) is 17.5 Å². The van der Waals surface area contributed by atoms with Crippen molar-refractivity contribution < 1.29 is 0 Å². The SMILES string of the molecule is c1csc(CCN[C@@H]2C[C@H]3CC[C@H]2C3)c1. The molecule has 0 radical (unpaired) electrons. The number of nitrogens with one attached hydrogen (secondary N) is 1. The minimum atomic E-state index is 0.851. The number of thiophene rings is 1. The smallest absolute Gasteiger partial charge is 0.00982 e. The van der Waals surface area contributed by atoms with Gasteiger partial charge in [0.25, 0.3) is 0 Å². The van der Waals surface area contributed by atoms with Crippen LogP contribution in [0.3, 0.4) is 0 Å². The Morgan fingerprint density at radius 3 is 3.00 bits per heavy atom. The van der Waals surface area contributed by atoms with Crippen LogP contribution in [0, 0.1) is 11.8 Å². The highest BCUT2D eigenvalue weighted by molar-refractivity contribution is 7.09. The second kappa shape index (κ2) is 4.26. The largest absolute Gasteiger partial charge is 0.313 e. The van der Waals surface area contributed by atoms with Crippen molar-refractivity contribution in [1.29, 1.82) is 0 Å². The van der Waals surface area contributed by atoms with Gasteiger partial charge in [-0.05, 0) is 49.0 Å². The van der Waals surface area contributed by atoms with Gasteiger partial charge in [0.15, 0.2) is 0 Å². The maximum absolute atomic E-state index is 3.76. The molecule has 2 bridgehead atoms. The third-order valence-corrected chi connectivity index (χ3v) is 5.03. The van der Waals surface area contributed by atoms with Crippen LogP contribution >= 0.6 is 11.3 Å². The molecule has 2 fully saturated rings. The van der Waals surface area contributed by atoms with Crippen molar-refractivity contribution >= 4 is 11.3 Å². The average Bonchev–Trinajstić information content (AvgIpc) is 2.93. The number of rotatable bonds is 4. The molecule has 2 saturated carbocycles. The molecule has 3 atom stereocenters. The zero-order valence-corrected chi connectivity index (χ0v) is 9.93. The van der Waals surface area contributed by atoms with Gasteiger partial charge in [-0.25, -0.2) is 0 Å². The molecule has 3 rings (SSSR count). The summed E-state index contributed by atoms with van der Waals surface area (Å²) in [6.07, 6.45) is 7.17. The van der Waals surface area contributed by atoms with Crippen LogP contribution in [0.5, 0.6) is 0 Å². The van der Waals surface area contributed by atoms with Gasteiger partial charge in [0.1, 0.15) is 0 Å². The summed E-state index contributed by atoms with van der Waals surface area (Å²) in [6, 6.07) is 5.24. The third kappa shape index (κ3) is 2.11. The zero-order valence-electron chi connectivity index (χ0n) is 9.11. The minimum Gasteiger partial charge on any atom is -0.313 e. The van der Waals surface area contributed by atoms with Crippen molar-refractivity contribution in [2.75, 3.05) is 6.54 Å². The first-order chi connectivity index (χ1) is 7.42. The van der Waals surface area contributed by atoms with Gasteiger partial charge in [0, 0.05) is 17.5 Å². The van der Waals surface area contributed by atoms with Crippen molar-refractivity contribution in [3.05, 3.63) is 22.4 Å². The van der Waals surface area contributed by atoms with Crippen LogP contribution in [0.1, 0.15) is 30.6 Å². The highest BCUT2D eigenvalue weighted by atomic mass is 32.1. The lowest BCUT2D eigenvalue weighted by Gasteiger charge is -2.22. The lowest BCUT2D eigenvalue weighted by molar-refractivity contribution is 0.354. The molecule has 1 heterocycles. The Labute approximate surface area is 95.9 Å². The first kappa shape index (κ1) is 9.86. The van der Waals surface area contributed by atoms with Crippen LogP contribution in [0.25, 0.3) is 0 Å². The zero-order chi connectivity index (χ0) is 10.1. The van der Waals surface area contributed by atoms with Gasteiger partial charge in [-0.2, -0.15) is 0 Å². The highest BCUT2D eigenvalue weighted by Gasteiger charge is 2.38. The monoisotopic (exact) mass is 221 g/mol. The fourth-order valence-corrected chi connectivity index (χ4v) is 4.04. The van der Waals surface area contributed by atoms with E-state index in [1.807, 2.05) is 11.3 Å². The summed E-state index contributed by atoms with van der Waals surface area (Å²) in [5.41, 5.74) is 0. The van der Waals surface area contributed by atoms with E-state index in [1.54, 1.807) is 0 Å². The number of hydrogen-bond acceptors (Lipinski definition) is 2. The molecular formula is C13H19NS. The Bertz CT molecular complexity index is 306. The molecule has 15 heavy (non-hydrogen) atoms. The molecule has 1 aromatic heterocycles. The summed E-state index contributed by atoms with van der Waals surface area (Å²) >= 11 is 1.88. The van der Waals surface area contributed by atoms with E-state index in [0.717, 1.165) is 17.9 Å². The molecule has 0 saturated heterocycles. The van der Waals surface area contributed by atoms with E-state index >= 15 is 0 Å². The molecule has 2 aliphatic rings. The van der Waals surface area contributed by atoms with Gasteiger partial charge in [-0.3, -0.25) is 0 Å². The predicted molar refractivity (Wildman–Crippen MR) is 65.3 cm³/mol. The van der Waals surface area contributed by atoms with E-state index in [9.17, 15) is 0 Å². The summed E-state index contributed by atoms with van der Waals surface area (Å²) in [5.74, 6) is 2.08. The summed E-state index contributed by atoms with van der Waals surface area (Å²) in [4.78, 5) is 1.52. The van der Waals surface area contributed by atoms with Crippen LogP contribution in [-0.2, 0) is 6.42 Å². The fourth-order valence-electron chi connectivity index (χ4n) is 3.33. The Hall–Kier alpha value is -0.340. The summed E-state index contributed by atoms with van der Waals surface area (Å²) in [5, 5.41) is 5.93. The average molecular weight is 221 g/mol. The van der Waals surface area contributed by atoms with E-state index in [1.165, 1.54) is 43.5 Å². The Kier molecular flexibility index (Phi) is 2.80. The molecule has 0 amide bonds. The Morgan fingerprint density at radius 1 is 1.33 bits per heavy atom. The number of fused-ring (bicyclic) bond motifs is 2. The second-order valence-corrected chi connectivity index (χ2v) is 6.10. The van der Waals surface area contributed by atoms with Gasteiger partial charge in [-0.15, -0.1) is 11.3 Å². The van der Waals surface area contributed by atoms with Crippen molar-refractivity contribution in [3.63, 3.8) is 0 Å². The van der Waals surface area contributed by atoms with Gasteiger partial charge < -0.3 is 5.32 Å². The van der Waals surface area contributed by atoms with Gasteiger partial charge in [0.05, 0.1) is 0 Å². The molecular weight excluding hydrogens is 202 g/mol. The van der Waals surface area contributed by atoms with Crippen LogP contribution < -0.4 is 5.32 Å². The molecule has 0 unspecified atom stereocenters. The second-order valence-electron chi connectivity index (χ2n) is 5.06. The van der Waals surface area contributed by atoms with Crippen LogP contribution in [0.2, 0.25) is 0 Å². The van der Waals surface area contributed by atoms with Gasteiger partial charge in [-0.1, -0.05) is 12.5 Å². The van der Waals surface area contributed by atoms with E-state index in [4.69, 9.17) is 0 Å². The van der Waals surface area contributed by atoms with Crippen molar-refractivity contribution in [2.45, 2.75) is 38.1 Å². The normalized spacial score (nSPS) is 33.7.